The Balaban J connectivity index is 2.34. The molecule has 3 nitrogen and oxygen atoms in total. The lowest BCUT2D eigenvalue weighted by molar-refractivity contribution is 0.575. The molecule has 0 amide bonds. The second kappa shape index (κ2) is 4.97. The van der Waals surface area contributed by atoms with Gasteiger partial charge in [-0.05, 0) is 36.3 Å². The number of nitrogens with zero attached hydrogens (tertiary/aromatic N) is 2. The number of nitrogens with two attached hydrogens (primary N) is 1. The number of nitriles is 1. The van der Waals surface area contributed by atoms with E-state index in [1.54, 1.807) is 0 Å². The number of pyridine rings is 1. The monoisotopic (exact) mass is 263 g/mol. The lowest BCUT2D eigenvalue weighted by Gasteiger charge is -2.25. The van der Waals surface area contributed by atoms with Crippen LogP contribution < -0.4 is 5.73 Å². The van der Waals surface area contributed by atoms with Crippen LogP contribution in [-0.2, 0) is 6.42 Å². The van der Waals surface area contributed by atoms with Crippen molar-refractivity contribution in [3.63, 3.8) is 0 Å². The third kappa shape index (κ3) is 1.94. The van der Waals surface area contributed by atoms with Crippen LogP contribution in [0.3, 0.4) is 0 Å². The summed E-state index contributed by atoms with van der Waals surface area (Å²) in [7, 11) is 0. The molecule has 1 aliphatic rings. The lowest BCUT2D eigenvalue weighted by Crippen LogP contribution is -2.14. The summed E-state index contributed by atoms with van der Waals surface area (Å²) in [6, 6.07) is 12.3. The molecule has 3 heteroatoms. The second-order valence-corrected chi connectivity index (χ2v) is 5.38. The molecule has 0 saturated heterocycles. The van der Waals surface area contributed by atoms with Crippen LogP contribution in [0, 0.1) is 11.3 Å². The first-order chi connectivity index (χ1) is 9.72. The van der Waals surface area contributed by atoms with Gasteiger partial charge in [0.05, 0.1) is 0 Å². The van der Waals surface area contributed by atoms with Gasteiger partial charge in [0.15, 0.2) is 0 Å². The van der Waals surface area contributed by atoms with E-state index >= 15 is 0 Å². The van der Waals surface area contributed by atoms with Crippen LogP contribution in [0.5, 0.6) is 0 Å². The number of benzene rings is 1. The first-order valence-electron chi connectivity index (χ1n) is 7.00. The van der Waals surface area contributed by atoms with Crippen LogP contribution in [-0.4, -0.2) is 4.98 Å². The number of nitrogen functional groups attached to an aromatic ring is 1. The summed E-state index contributed by atoms with van der Waals surface area (Å²) in [5.41, 5.74) is 10.9. The van der Waals surface area contributed by atoms with Gasteiger partial charge < -0.3 is 5.73 Å². The van der Waals surface area contributed by atoms with Crippen molar-refractivity contribution < 1.29 is 0 Å². The largest absolute Gasteiger partial charge is 0.383 e. The highest BCUT2D eigenvalue weighted by atomic mass is 14.9. The first kappa shape index (κ1) is 12.7. The maximum absolute atomic E-state index is 9.46. The Bertz CT molecular complexity index is 684. The SMILES string of the molecule is C[C@H]1CCCc2c1nc(N)c(C#N)c2-c1ccccc1. The topological polar surface area (TPSA) is 62.7 Å². The van der Waals surface area contributed by atoms with Crippen LogP contribution in [0.2, 0.25) is 0 Å². The predicted octanol–water partition coefficient (Wildman–Crippen LogP) is 3.64. The zero-order chi connectivity index (χ0) is 14.1. The van der Waals surface area contributed by atoms with Crippen molar-refractivity contribution in [3.05, 3.63) is 47.2 Å². The van der Waals surface area contributed by atoms with E-state index < -0.39 is 0 Å². The van der Waals surface area contributed by atoms with Gasteiger partial charge in [0, 0.05) is 11.3 Å². The van der Waals surface area contributed by atoms with Crippen molar-refractivity contribution in [1.82, 2.24) is 4.98 Å². The molecule has 0 fully saturated rings. The summed E-state index contributed by atoms with van der Waals surface area (Å²) >= 11 is 0. The van der Waals surface area contributed by atoms with Crippen molar-refractivity contribution in [2.24, 2.45) is 0 Å². The van der Waals surface area contributed by atoms with Crippen molar-refractivity contribution >= 4 is 5.82 Å². The minimum Gasteiger partial charge on any atom is -0.383 e. The van der Waals surface area contributed by atoms with Gasteiger partial charge in [0.2, 0.25) is 0 Å². The molecule has 1 atom stereocenters. The third-order valence-electron chi connectivity index (χ3n) is 4.06. The smallest absolute Gasteiger partial charge is 0.142 e. The number of hydrogen-bond acceptors (Lipinski definition) is 3. The Morgan fingerprint density at radius 3 is 2.75 bits per heavy atom. The third-order valence-corrected chi connectivity index (χ3v) is 4.06. The van der Waals surface area contributed by atoms with E-state index in [-0.39, 0.29) is 0 Å². The molecule has 0 unspecified atom stereocenters. The van der Waals surface area contributed by atoms with Gasteiger partial charge >= 0.3 is 0 Å². The average Bonchev–Trinajstić information content (AvgIpc) is 2.48. The molecule has 0 bridgehead atoms. The van der Waals surface area contributed by atoms with E-state index in [2.05, 4.69) is 18.0 Å². The molecule has 0 spiro atoms. The minimum atomic E-state index is 0.360. The maximum Gasteiger partial charge on any atom is 0.142 e. The predicted molar refractivity (Wildman–Crippen MR) is 80.2 cm³/mol. The maximum atomic E-state index is 9.46. The normalized spacial score (nSPS) is 17.3. The molecule has 100 valence electrons. The van der Waals surface area contributed by atoms with Crippen molar-refractivity contribution in [3.8, 4) is 17.2 Å². The van der Waals surface area contributed by atoms with Gasteiger partial charge in [-0.2, -0.15) is 5.26 Å². The molecular weight excluding hydrogens is 246 g/mol. The number of hydrogen-bond donors (Lipinski definition) is 1. The summed E-state index contributed by atoms with van der Waals surface area (Å²) in [5.74, 6) is 0.773. The zero-order valence-corrected chi connectivity index (χ0v) is 11.6. The second-order valence-electron chi connectivity index (χ2n) is 5.38. The average molecular weight is 263 g/mol. The Labute approximate surface area is 119 Å². The van der Waals surface area contributed by atoms with E-state index in [4.69, 9.17) is 5.73 Å². The Morgan fingerprint density at radius 1 is 1.30 bits per heavy atom. The molecule has 0 radical (unpaired) electrons. The molecule has 20 heavy (non-hydrogen) atoms. The zero-order valence-electron chi connectivity index (χ0n) is 11.6. The molecule has 1 heterocycles. The minimum absolute atomic E-state index is 0.360. The highest BCUT2D eigenvalue weighted by Gasteiger charge is 2.25. The molecular formula is C17H17N3. The van der Waals surface area contributed by atoms with Crippen molar-refractivity contribution in [2.45, 2.75) is 32.1 Å². The quantitative estimate of drug-likeness (QED) is 0.854. The van der Waals surface area contributed by atoms with E-state index in [1.807, 2.05) is 30.3 Å². The number of rotatable bonds is 1. The molecule has 3 rings (SSSR count). The first-order valence-corrected chi connectivity index (χ1v) is 7.00. The van der Waals surface area contributed by atoms with Gasteiger partial charge in [-0.1, -0.05) is 37.3 Å². The summed E-state index contributed by atoms with van der Waals surface area (Å²) in [4.78, 5) is 4.51. The fourth-order valence-electron chi connectivity index (χ4n) is 3.08. The Morgan fingerprint density at radius 2 is 2.05 bits per heavy atom. The molecule has 2 aromatic rings. The van der Waals surface area contributed by atoms with Gasteiger partial charge in [-0.3, -0.25) is 0 Å². The summed E-state index contributed by atoms with van der Waals surface area (Å²) in [6.07, 6.45) is 3.26. The van der Waals surface area contributed by atoms with Crippen LogP contribution in [0.4, 0.5) is 5.82 Å². The van der Waals surface area contributed by atoms with Gasteiger partial charge in [-0.15, -0.1) is 0 Å². The Kier molecular flexibility index (Phi) is 3.15. The number of anilines is 1. The van der Waals surface area contributed by atoms with Crippen molar-refractivity contribution in [2.75, 3.05) is 5.73 Å². The van der Waals surface area contributed by atoms with E-state index in [0.29, 0.717) is 17.3 Å². The van der Waals surface area contributed by atoms with Crippen molar-refractivity contribution in [1.29, 1.82) is 5.26 Å². The molecule has 0 saturated carbocycles. The van der Waals surface area contributed by atoms with Crippen LogP contribution in [0.25, 0.3) is 11.1 Å². The highest BCUT2D eigenvalue weighted by molar-refractivity contribution is 5.79. The molecule has 1 aromatic carbocycles. The fraction of sp³-hybridized carbons (Fsp3) is 0.294. The van der Waals surface area contributed by atoms with Gasteiger partial charge in [0.1, 0.15) is 17.5 Å². The van der Waals surface area contributed by atoms with Crippen LogP contribution in [0.15, 0.2) is 30.3 Å². The summed E-state index contributed by atoms with van der Waals surface area (Å²) in [5, 5.41) is 9.46. The van der Waals surface area contributed by atoms with E-state index in [0.717, 1.165) is 36.1 Å². The fourth-order valence-corrected chi connectivity index (χ4v) is 3.08. The summed E-state index contributed by atoms with van der Waals surface area (Å²) in [6.45, 7) is 2.19. The van der Waals surface area contributed by atoms with E-state index in [9.17, 15) is 5.26 Å². The lowest BCUT2D eigenvalue weighted by atomic mass is 9.82. The highest BCUT2D eigenvalue weighted by Crippen LogP contribution is 2.39. The van der Waals surface area contributed by atoms with Gasteiger partial charge in [-0.25, -0.2) is 4.98 Å². The number of fused-ring (bicyclic) bond motifs is 1. The van der Waals surface area contributed by atoms with Gasteiger partial charge in [0.25, 0.3) is 0 Å². The van der Waals surface area contributed by atoms with Crippen LogP contribution in [0.1, 0.15) is 42.5 Å². The molecule has 1 aliphatic carbocycles. The Hall–Kier alpha value is -2.34. The molecule has 1 aromatic heterocycles. The molecule has 2 N–H and O–H groups in total. The van der Waals surface area contributed by atoms with Crippen LogP contribution >= 0.6 is 0 Å². The summed E-state index contributed by atoms with van der Waals surface area (Å²) < 4.78 is 0. The van der Waals surface area contributed by atoms with E-state index in [1.165, 1.54) is 5.56 Å². The number of aromatic nitrogens is 1. The standard InChI is InChI=1S/C17H17N3/c1-11-6-5-9-13-15(12-7-3-2-4-8-12)14(10-18)17(19)20-16(11)13/h2-4,7-8,11H,5-6,9H2,1H3,(H2,19,20)/t11-/m0/s1. The molecule has 0 aliphatic heterocycles.